The van der Waals surface area contributed by atoms with E-state index in [0.717, 1.165) is 6.07 Å². The van der Waals surface area contributed by atoms with Crippen molar-refractivity contribution < 1.29 is 18.5 Å². The zero-order valence-corrected chi connectivity index (χ0v) is 16.5. The molecule has 1 aromatic carbocycles. The zero-order valence-electron chi connectivity index (χ0n) is 15.5. The number of halogens is 1. The minimum absolute atomic E-state index is 0.0150. The Bertz CT molecular complexity index is 684. The van der Waals surface area contributed by atoms with Crippen LogP contribution in [0.1, 0.15) is 51.5 Å². The molecule has 0 unspecified atom stereocenters. The van der Waals surface area contributed by atoms with E-state index in [0.29, 0.717) is 24.8 Å². The summed E-state index contributed by atoms with van der Waals surface area (Å²) in [7, 11) is -2.11. The molecule has 0 radical (unpaired) electrons. The minimum Gasteiger partial charge on any atom is -0.407 e. The number of nitrogens with zero attached hydrogens (tertiary/aromatic N) is 1. The maximum Gasteiger partial charge on any atom is 0.272 e. The molecule has 1 aromatic rings. The second-order valence-corrected chi connectivity index (χ2v) is 13.0. The molecule has 138 valence electrons. The van der Waals surface area contributed by atoms with Gasteiger partial charge >= 0.3 is 0 Å². The highest BCUT2D eigenvalue weighted by Gasteiger charge is 2.42. The van der Waals surface area contributed by atoms with Gasteiger partial charge in [-0.3, -0.25) is 14.9 Å². The van der Waals surface area contributed by atoms with Crippen LogP contribution < -0.4 is 0 Å². The van der Waals surface area contributed by atoms with Crippen molar-refractivity contribution in [1.29, 1.82) is 0 Å². The van der Waals surface area contributed by atoms with E-state index < -0.39 is 25.2 Å². The summed E-state index contributed by atoms with van der Waals surface area (Å²) >= 11 is 0. The number of carbonyl (C=O) groups is 1. The summed E-state index contributed by atoms with van der Waals surface area (Å²) in [4.78, 5) is 22.5. The summed E-state index contributed by atoms with van der Waals surface area (Å²) in [5.41, 5.74) is 0.171. The Morgan fingerprint density at radius 2 is 1.96 bits per heavy atom. The summed E-state index contributed by atoms with van der Waals surface area (Å²) in [6, 6.07) is 3.74. The van der Waals surface area contributed by atoms with Crippen molar-refractivity contribution in [3.8, 4) is 0 Å². The molecule has 7 heteroatoms. The lowest BCUT2D eigenvalue weighted by Crippen LogP contribution is -2.47. The highest BCUT2D eigenvalue weighted by Crippen LogP contribution is 2.41. The first-order valence-electron chi connectivity index (χ1n) is 8.57. The van der Waals surface area contributed by atoms with Gasteiger partial charge in [0.25, 0.3) is 5.69 Å². The van der Waals surface area contributed by atoms with Crippen molar-refractivity contribution in [2.75, 3.05) is 0 Å². The largest absolute Gasteiger partial charge is 0.407 e. The number of nitro groups is 1. The van der Waals surface area contributed by atoms with Gasteiger partial charge < -0.3 is 4.43 Å². The normalized spacial score (nSPS) is 22.1. The molecule has 2 rings (SSSR count). The van der Waals surface area contributed by atoms with Crippen LogP contribution in [0.25, 0.3) is 0 Å². The van der Waals surface area contributed by atoms with Crippen molar-refractivity contribution in [1.82, 2.24) is 0 Å². The Balaban J connectivity index is 2.20. The molecule has 1 aliphatic carbocycles. The van der Waals surface area contributed by atoms with E-state index in [4.69, 9.17) is 4.43 Å². The molecular formula is C18H26FNO4Si. The topological polar surface area (TPSA) is 69.4 Å². The number of Topliss-reactive ketones (excluding diaryl/α,β-unsaturated/α-hetero) is 1. The van der Waals surface area contributed by atoms with E-state index in [9.17, 15) is 19.3 Å². The van der Waals surface area contributed by atoms with Gasteiger partial charge in [0.1, 0.15) is 11.9 Å². The molecule has 0 aliphatic heterocycles. The first kappa shape index (κ1) is 19.7. The monoisotopic (exact) mass is 367 g/mol. The number of hydrogen-bond acceptors (Lipinski definition) is 4. The van der Waals surface area contributed by atoms with Gasteiger partial charge in [0.05, 0.1) is 11.0 Å². The molecule has 25 heavy (non-hydrogen) atoms. The van der Waals surface area contributed by atoms with Gasteiger partial charge in [0, 0.05) is 12.5 Å². The average molecular weight is 367 g/mol. The Kier molecular flexibility index (Phi) is 5.49. The standard InChI is InChI=1S/C18H26FNO4Si/c1-18(2,3)25(4,5)24-17-10-12(6-9-16(17)21)14-8-7-13(20(22)23)11-15(14)19/h7-8,11-12,17H,6,9-10H2,1-5H3/t12-,17-/m1/s1. The second kappa shape index (κ2) is 6.95. The molecule has 2 atom stereocenters. The number of carbonyl (C=O) groups excluding carboxylic acids is 1. The number of non-ortho nitro benzene ring substituents is 1. The van der Waals surface area contributed by atoms with E-state index in [1.54, 1.807) is 0 Å². The molecular weight excluding hydrogens is 341 g/mol. The van der Waals surface area contributed by atoms with Crippen LogP contribution in [0.15, 0.2) is 18.2 Å². The fraction of sp³-hybridized carbons (Fsp3) is 0.611. The van der Waals surface area contributed by atoms with Crippen LogP contribution in [0.2, 0.25) is 18.1 Å². The number of rotatable bonds is 4. The van der Waals surface area contributed by atoms with Crippen molar-refractivity contribution in [3.63, 3.8) is 0 Å². The zero-order chi connectivity index (χ0) is 19.0. The third-order valence-electron chi connectivity index (χ3n) is 5.47. The molecule has 0 amide bonds. The Morgan fingerprint density at radius 1 is 1.32 bits per heavy atom. The quantitative estimate of drug-likeness (QED) is 0.428. The van der Waals surface area contributed by atoms with Crippen LogP contribution >= 0.6 is 0 Å². The van der Waals surface area contributed by atoms with Crippen molar-refractivity contribution in [2.24, 2.45) is 0 Å². The van der Waals surface area contributed by atoms with Gasteiger partial charge in [-0.05, 0) is 48.5 Å². The van der Waals surface area contributed by atoms with Crippen molar-refractivity contribution in [3.05, 3.63) is 39.7 Å². The summed E-state index contributed by atoms with van der Waals surface area (Å²) < 4.78 is 20.6. The molecule has 1 aliphatic rings. The smallest absolute Gasteiger partial charge is 0.272 e. The molecule has 0 bridgehead atoms. The predicted octanol–water partition coefficient (Wildman–Crippen LogP) is 4.96. The second-order valence-electron chi connectivity index (χ2n) is 8.27. The van der Waals surface area contributed by atoms with Crippen molar-refractivity contribution >= 4 is 19.8 Å². The third-order valence-corrected chi connectivity index (χ3v) is 9.96. The maximum atomic E-state index is 14.3. The number of nitro benzene ring substituents is 1. The molecule has 1 saturated carbocycles. The number of benzene rings is 1. The van der Waals surface area contributed by atoms with Crippen molar-refractivity contribution in [2.45, 2.75) is 70.2 Å². The Morgan fingerprint density at radius 3 is 2.48 bits per heavy atom. The first-order chi connectivity index (χ1) is 11.4. The van der Waals surface area contributed by atoms with Gasteiger partial charge in [-0.15, -0.1) is 0 Å². The van der Waals surface area contributed by atoms with Gasteiger partial charge in [0.2, 0.25) is 0 Å². The van der Waals surface area contributed by atoms with Crippen LogP contribution in [0.5, 0.6) is 0 Å². The van der Waals surface area contributed by atoms with E-state index in [1.807, 2.05) is 0 Å². The summed E-state index contributed by atoms with van der Waals surface area (Å²) in [6.45, 7) is 10.5. The lowest BCUT2D eigenvalue weighted by molar-refractivity contribution is -0.385. The Hall–Kier alpha value is -1.60. The average Bonchev–Trinajstić information content (AvgIpc) is 2.48. The van der Waals surface area contributed by atoms with Gasteiger partial charge in [-0.1, -0.05) is 20.8 Å². The lowest BCUT2D eigenvalue weighted by atomic mass is 9.81. The van der Waals surface area contributed by atoms with Crippen LogP contribution in [-0.2, 0) is 9.22 Å². The van der Waals surface area contributed by atoms with Crippen LogP contribution in [0.3, 0.4) is 0 Å². The number of hydrogen-bond donors (Lipinski definition) is 0. The van der Waals surface area contributed by atoms with Crippen LogP contribution in [-0.4, -0.2) is 25.1 Å². The maximum absolute atomic E-state index is 14.3. The first-order valence-corrected chi connectivity index (χ1v) is 11.5. The lowest BCUT2D eigenvalue weighted by Gasteiger charge is -2.41. The predicted molar refractivity (Wildman–Crippen MR) is 96.7 cm³/mol. The molecule has 0 N–H and O–H groups in total. The third kappa shape index (κ3) is 4.33. The van der Waals surface area contributed by atoms with E-state index in [1.165, 1.54) is 12.1 Å². The van der Waals surface area contributed by atoms with Gasteiger partial charge in [0.15, 0.2) is 14.1 Å². The molecule has 1 fully saturated rings. The highest BCUT2D eigenvalue weighted by atomic mass is 28.4. The molecule has 0 saturated heterocycles. The van der Waals surface area contributed by atoms with Gasteiger partial charge in [-0.2, -0.15) is 0 Å². The summed E-state index contributed by atoms with van der Waals surface area (Å²) in [5.74, 6) is -0.670. The summed E-state index contributed by atoms with van der Waals surface area (Å²) in [5, 5.41) is 10.8. The van der Waals surface area contributed by atoms with E-state index in [-0.39, 0.29) is 22.4 Å². The van der Waals surface area contributed by atoms with E-state index in [2.05, 4.69) is 33.9 Å². The SMILES string of the molecule is CC(C)(C)[Si](C)(C)O[C@@H]1C[C@H](c2ccc([N+](=O)[O-])cc2F)CCC1=O. The summed E-state index contributed by atoms with van der Waals surface area (Å²) in [6.07, 6.45) is 0.806. The Labute approximate surface area is 148 Å². The van der Waals surface area contributed by atoms with E-state index >= 15 is 0 Å². The molecule has 0 aromatic heterocycles. The fourth-order valence-electron chi connectivity index (χ4n) is 2.87. The fourth-order valence-corrected chi connectivity index (χ4v) is 4.17. The van der Waals surface area contributed by atoms with Crippen LogP contribution in [0.4, 0.5) is 10.1 Å². The minimum atomic E-state index is -2.11. The van der Waals surface area contributed by atoms with Gasteiger partial charge in [-0.25, -0.2) is 4.39 Å². The molecule has 0 spiro atoms. The molecule has 5 nitrogen and oxygen atoms in total. The number of ketones is 1. The highest BCUT2D eigenvalue weighted by molar-refractivity contribution is 6.74. The molecule has 0 heterocycles. The van der Waals surface area contributed by atoms with Crippen LogP contribution in [0, 0.1) is 15.9 Å².